The highest BCUT2D eigenvalue weighted by Gasteiger charge is 2.52. The third-order valence-electron chi connectivity index (χ3n) is 6.23. The lowest BCUT2D eigenvalue weighted by Crippen LogP contribution is -2.51. The van der Waals surface area contributed by atoms with Crippen LogP contribution in [0.15, 0.2) is 35.5 Å². The third kappa shape index (κ3) is 3.68. The van der Waals surface area contributed by atoms with Crippen molar-refractivity contribution in [2.75, 3.05) is 0 Å². The van der Waals surface area contributed by atoms with Crippen LogP contribution >= 0.6 is 0 Å². The number of Topliss-reactive ketones (excluding diaryl/α,β-unsaturated/α-hetero) is 1. The maximum atomic E-state index is 13.2. The van der Waals surface area contributed by atoms with Gasteiger partial charge < -0.3 is 10.2 Å². The van der Waals surface area contributed by atoms with Crippen LogP contribution in [-0.4, -0.2) is 27.7 Å². The van der Waals surface area contributed by atoms with Gasteiger partial charge in [0.05, 0.1) is 6.10 Å². The van der Waals surface area contributed by atoms with Gasteiger partial charge >= 0.3 is 0 Å². The first kappa shape index (κ1) is 18.6. The van der Waals surface area contributed by atoms with Gasteiger partial charge in [0.1, 0.15) is 5.60 Å². The SMILES string of the molecule is CCCCCCC[C@@H]1/C=C\C(C)=C/[C@@H]2C(=O)[C@@]1(O)C=C1C[C@H](O)C[C@H]12. The number of hydrogen-bond acceptors (Lipinski definition) is 3. The van der Waals surface area contributed by atoms with Gasteiger partial charge in [0.25, 0.3) is 0 Å². The molecule has 3 rings (SSSR count). The Kier molecular flexibility index (Phi) is 5.65. The second-order valence-corrected chi connectivity index (χ2v) is 8.21. The molecule has 0 radical (unpaired) electrons. The number of aliphatic hydroxyl groups excluding tert-OH is 1. The number of fused-ring (bicyclic) bond motifs is 4. The van der Waals surface area contributed by atoms with Crippen molar-refractivity contribution in [2.45, 2.75) is 76.9 Å². The first-order valence-corrected chi connectivity index (χ1v) is 9.98. The average molecular weight is 344 g/mol. The van der Waals surface area contributed by atoms with Crippen LogP contribution in [0.4, 0.5) is 0 Å². The highest BCUT2D eigenvalue weighted by molar-refractivity contribution is 5.95. The van der Waals surface area contributed by atoms with Gasteiger partial charge in [-0.1, -0.05) is 68.4 Å². The summed E-state index contributed by atoms with van der Waals surface area (Å²) in [5, 5.41) is 21.4. The van der Waals surface area contributed by atoms with Crippen LogP contribution in [-0.2, 0) is 4.79 Å². The molecular weight excluding hydrogens is 312 g/mol. The van der Waals surface area contributed by atoms with E-state index >= 15 is 0 Å². The number of rotatable bonds is 6. The van der Waals surface area contributed by atoms with Crippen LogP contribution in [0.1, 0.15) is 65.2 Å². The van der Waals surface area contributed by atoms with E-state index in [2.05, 4.69) is 13.0 Å². The van der Waals surface area contributed by atoms with Gasteiger partial charge in [-0.2, -0.15) is 0 Å². The summed E-state index contributed by atoms with van der Waals surface area (Å²) in [5.74, 6) is -0.472. The van der Waals surface area contributed by atoms with Gasteiger partial charge in [-0.25, -0.2) is 0 Å². The lowest BCUT2D eigenvalue weighted by atomic mass is 9.65. The smallest absolute Gasteiger partial charge is 0.176 e. The summed E-state index contributed by atoms with van der Waals surface area (Å²) in [6.07, 6.45) is 15.4. The second-order valence-electron chi connectivity index (χ2n) is 8.21. The standard InChI is InChI=1S/C22H32O3/c1-3-4-5-6-7-8-17-10-9-15(2)11-20-19-13-18(23)12-16(19)14-22(17,25)21(20)24/h9-11,14,17-20,23,25H,3-8,12-13H2,1-2H3/b10-9-,15-11-/t17-,18+,19-,20+,22-/m1/s1. The molecule has 3 heteroatoms. The molecule has 1 fully saturated rings. The first-order chi connectivity index (χ1) is 12.0. The Morgan fingerprint density at radius 2 is 2.00 bits per heavy atom. The van der Waals surface area contributed by atoms with E-state index < -0.39 is 5.60 Å². The van der Waals surface area contributed by atoms with Crippen LogP contribution in [0.3, 0.4) is 0 Å². The molecule has 0 aromatic carbocycles. The van der Waals surface area contributed by atoms with Gasteiger partial charge in [-0.3, -0.25) is 4.79 Å². The highest BCUT2D eigenvalue weighted by Crippen LogP contribution is 2.47. The zero-order valence-corrected chi connectivity index (χ0v) is 15.6. The number of ketones is 1. The second kappa shape index (κ2) is 7.59. The van der Waals surface area contributed by atoms with E-state index in [9.17, 15) is 15.0 Å². The molecule has 0 spiro atoms. The Labute approximate surface area is 151 Å². The molecule has 0 aliphatic heterocycles. The summed E-state index contributed by atoms with van der Waals surface area (Å²) in [5.41, 5.74) is 0.757. The van der Waals surface area contributed by atoms with Crippen molar-refractivity contribution >= 4 is 5.78 Å². The molecule has 3 aliphatic carbocycles. The zero-order valence-electron chi connectivity index (χ0n) is 15.6. The van der Waals surface area contributed by atoms with E-state index in [1.807, 2.05) is 25.2 Å². The summed E-state index contributed by atoms with van der Waals surface area (Å²) in [6.45, 7) is 4.23. The Morgan fingerprint density at radius 3 is 2.76 bits per heavy atom. The molecule has 25 heavy (non-hydrogen) atoms. The Hall–Kier alpha value is -1.19. The topological polar surface area (TPSA) is 57.5 Å². The monoisotopic (exact) mass is 344 g/mol. The zero-order chi connectivity index (χ0) is 18.0. The Balaban J connectivity index is 1.86. The minimum absolute atomic E-state index is 0.0643. The molecule has 0 heterocycles. The molecule has 2 bridgehead atoms. The Bertz CT molecular complexity index is 600. The summed E-state index contributed by atoms with van der Waals surface area (Å²) < 4.78 is 0. The van der Waals surface area contributed by atoms with Crippen LogP contribution in [0.2, 0.25) is 0 Å². The van der Waals surface area contributed by atoms with E-state index in [0.717, 1.165) is 30.4 Å². The van der Waals surface area contributed by atoms with Gasteiger partial charge in [-0.15, -0.1) is 0 Å². The molecule has 0 aromatic rings. The number of unbranched alkanes of at least 4 members (excludes halogenated alkanes) is 4. The van der Waals surface area contributed by atoms with Crippen LogP contribution < -0.4 is 0 Å². The summed E-state index contributed by atoms with van der Waals surface area (Å²) >= 11 is 0. The maximum Gasteiger partial charge on any atom is 0.176 e. The van der Waals surface area contributed by atoms with E-state index in [4.69, 9.17) is 0 Å². The predicted octanol–water partition coefficient (Wildman–Crippen LogP) is 4.11. The van der Waals surface area contributed by atoms with Gasteiger partial charge in [0.2, 0.25) is 0 Å². The molecule has 3 nitrogen and oxygen atoms in total. The molecular formula is C22H32O3. The van der Waals surface area contributed by atoms with Crippen LogP contribution in [0.5, 0.6) is 0 Å². The van der Waals surface area contributed by atoms with Crippen molar-refractivity contribution < 1.29 is 15.0 Å². The lowest BCUT2D eigenvalue weighted by Gasteiger charge is -2.40. The number of hydrogen-bond donors (Lipinski definition) is 2. The fourth-order valence-electron chi connectivity index (χ4n) is 4.82. The number of carbonyl (C=O) groups excluding carboxylic acids is 1. The van der Waals surface area contributed by atoms with Crippen molar-refractivity contribution in [2.24, 2.45) is 17.8 Å². The summed E-state index contributed by atoms with van der Waals surface area (Å²) in [4.78, 5) is 13.2. The molecule has 0 amide bonds. The minimum Gasteiger partial charge on any atom is -0.393 e. The normalized spacial score (nSPS) is 40.6. The summed E-state index contributed by atoms with van der Waals surface area (Å²) in [7, 11) is 0. The maximum absolute atomic E-state index is 13.2. The molecule has 0 unspecified atom stereocenters. The molecule has 1 saturated carbocycles. The molecule has 0 aromatic heterocycles. The number of carbonyl (C=O) groups is 1. The van der Waals surface area contributed by atoms with E-state index in [1.54, 1.807) is 0 Å². The van der Waals surface area contributed by atoms with Crippen molar-refractivity contribution in [1.82, 2.24) is 0 Å². The first-order valence-electron chi connectivity index (χ1n) is 9.98. The minimum atomic E-state index is -1.40. The Morgan fingerprint density at radius 1 is 1.24 bits per heavy atom. The van der Waals surface area contributed by atoms with Crippen LogP contribution in [0.25, 0.3) is 0 Å². The lowest BCUT2D eigenvalue weighted by molar-refractivity contribution is -0.141. The fraction of sp³-hybridized carbons (Fsp3) is 0.682. The predicted molar refractivity (Wildman–Crippen MR) is 100 cm³/mol. The number of allylic oxidation sites excluding steroid dienone is 3. The fourth-order valence-corrected chi connectivity index (χ4v) is 4.82. The molecule has 2 N–H and O–H groups in total. The van der Waals surface area contributed by atoms with Crippen molar-refractivity contribution in [3.05, 3.63) is 35.5 Å². The van der Waals surface area contributed by atoms with Crippen molar-refractivity contribution in [3.63, 3.8) is 0 Å². The van der Waals surface area contributed by atoms with Crippen molar-refractivity contribution in [3.8, 4) is 0 Å². The van der Waals surface area contributed by atoms with Gasteiger partial charge in [0.15, 0.2) is 5.78 Å². The van der Waals surface area contributed by atoms with E-state index in [1.165, 1.54) is 19.3 Å². The van der Waals surface area contributed by atoms with E-state index in [-0.39, 0.29) is 29.6 Å². The number of aliphatic hydroxyl groups is 2. The molecule has 0 saturated heterocycles. The average Bonchev–Trinajstić information content (AvgIpc) is 2.93. The van der Waals surface area contributed by atoms with Gasteiger partial charge in [-0.05, 0) is 38.2 Å². The van der Waals surface area contributed by atoms with E-state index in [0.29, 0.717) is 12.8 Å². The van der Waals surface area contributed by atoms with Gasteiger partial charge in [0, 0.05) is 11.8 Å². The van der Waals surface area contributed by atoms with Crippen molar-refractivity contribution in [1.29, 1.82) is 0 Å². The highest BCUT2D eigenvalue weighted by atomic mass is 16.3. The largest absolute Gasteiger partial charge is 0.393 e. The third-order valence-corrected chi connectivity index (χ3v) is 6.23. The van der Waals surface area contributed by atoms with Crippen LogP contribution in [0, 0.1) is 17.8 Å². The molecule has 5 atom stereocenters. The molecule has 3 aliphatic rings. The molecule has 138 valence electrons. The quantitative estimate of drug-likeness (QED) is 0.563. The summed E-state index contributed by atoms with van der Waals surface area (Å²) in [6, 6.07) is 0.